The van der Waals surface area contributed by atoms with E-state index in [9.17, 15) is 18.3 Å². The van der Waals surface area contributed by atoms with Crippen molar-refractivity contribution in [2.75, 3.05) is 12.0 Å². The topological polar surface area (TPSA) is 74.3 Å². The van der Waals surface area contributed by atoms with E-state index >= 15 is 0 Å². The molecule has 0 rings (SSSR count). The van der Waals surface area contributed by atoms with Crippen molar-refractivity contribution in [3.63, 3.8) is 0 Å². The first-order chi connectivity index (χ1) is 4.42. The molecule has 0 aromatic heterocycles. The first-order valence-corrected chi connectivity index (χ1v) is 4.85. The van der Waals surface area contributed by atoms with Crippen LogP contribution in [0.4, 0.5) is 0 Å². The van der Waals surface area contributed by atoms with Crippen LogP contribution in [0.3, 0.4) is 0 Å². The van der Waals surface area contributed by atoms with Gasteiger partial charge in [-0.3, -0.25) is 0 Å². The normalized spacial score (nSPS) is 10.3. The molecule has 60 valence electrons. The molecule has 0 aliphatic carbocycles. The molecule has 6 heteroatoms. The van der Waals surface area contributed by atoms with Gasteiger partial charge in [0.05, 0.1) is 5.75 Å². The maximum atomic E-state index is 10.4. The Morgan fingerprint density at radius 2 is 1.91 bits per heavy atom. The fraction of sp³-hybridized carbons (Fsp3) is 0.800. The number of carbonyl (C=O) groups is 1. The molecular formula is C5H9NaO4S. The maximum absolute atomic E-state index is 10.4. The van der Waals surface area contributed by atoms with Gasteiger partial charge in [-0.05, 0) is 12.8 Å². The number of hydrogen-bond acceptors (Lipinski definition) is 4. The van der Waals surface area contributed by atoms with E-state index in [1.807, 2.05) is 0 Å². The van der Waals surface area contributed by atoms with Crippen molar-refractivity contribution >= 4 is 15.8 Å². The Hall–Kier alpha value is 0.420. The summed E-state index contributed by atoms with van der Waals surface area (Å²) in [6.45, 7) is 0. The van der Waals surface area contributed by atoms with E-state index in [1.54, 1.807) is 0 Å². The van der Waals surface area contributed by atoms with Crippen LogP contribution in [0.1, 0.15) is 12.8 Å². The van der Waals surface area contributed by atoms with Crippen molar-refractivity contribution < 1.29 is 47.9 Å². The summed E-state index contributed by atoms with van der Waals surface area (Å²) in [5, 5.41) is 9.78. The number of rotatable bonds is 4. The third-order valence-corrected chi connectivity index (χ3v) is 1.93. The van der Waals surface area contributed by atoms with Crippen LogP contribution in [0.25, 0.3) is 0 Å². The van der Waals surface area contributed by atoms with Gasteiger partial charge in [0.15, 0.2) is 0 Å². The van der Waals surface area contributed by atoms with Gasteiger partial charge in [0.25, 0.3) is 0 Å². The van der Waals surface area contributed by atoms with Crippen LogP contribution in [0, 0.1) is 0 Å². The number of sulfone groups is 1. The van der Waals surface area contributed by atoms with Crippen LogP contribution in [0.15, 0.2) is 0 Å². The summed E-state index contributed by atoms with van der Waals surface area (Å²) < 4.78 is 20.8. The van der Waals surface area contributed by atoms with Crippen molar-refractivity contribution in [3.8, 4) is 0 Å². The summed E-state index contributed by atoms with van der Waals surface area (Å²) in [6, 6.07) is 0. The number of aliphatic carboxylic acids is 1. The Kier molecular flexibility index (Phi) is 7.61. The van der Waals surface area contributed by atoms with E-state index in [4.69, 9.17) is 0 Å². The van der Waals surface area contributed by atoms with E-state index in [0.29, 0.717) is 0 Å². The van der Waals surface area contributed by atoms with Gasteiger partial charge >= 0.3 is 29.6 Å². The minimum absolute atomic E-state index is 0. The Morgan fingerprint density at radius 3 is 2.18 bits per heavy atom. The number of carboxylic acids is 1. The predicted octanol–water partition coefficient (Wildman–Crippen LogP) is -4.43. The first-order valence-electron chi connectivity index (χ1n) is 2.79. The summed E-state index contributed by atoms with van der Waals surface area (Å²) in [7, 11) is -3.01. The molecule has 0 N–H and O–H groups in total. The quantitative estimate of drug-likeness (QED) is 0.417. The maximum Gasteiger partial charge on any atom is 1.00 e. The fourth-order valence-electron chi connectivity index (χ4n) is 0.479. The molecule has 0 amide bonds. The Morgan fingerprint density at radius 1 is 1.45 bits per heavy atom. The molecule has 0 atom stereocenters. The molecule has 0 spiro atoms. The smallest absolute Gasteiger partial charge is 0.550 e. The average Bonchev–Trinajstić information content (AvgIpc) is 1.59. The van der Waals surface area contributed by atoms with Crippen LogP contribution in [-0.2, 0) is 14.6 Å². The molecule has 0 saturated carbocycles. The average molecular weight is 188 g/mol. The zero-order valence-corrected chi connectivity index (χ0v) is 9.48. The molecule has 0 aliphatic rings. The molecule has 0 aromatic rings. The molecule has 11 heavy (non-hydrogen) atoms. The molecule has 0 aromatic carbocycles. The zero-order chi connectivity index (χ0) is 8.20. The fourth-order valence-corrected chi connectivity index (χ4v) is 1.15. The minimum Gasteiger partial charge on any atom is -0.550 e. The number of carbonyl (C=O) groups excluding carboxylic acids is 1. The second-order valence-electron chi connectivity index (χ2n) is 2.11. The molecular weight excluding hydrogens is 179 g/mol. The van der Waals surface area contributed by atoms with E-state index in [1.165, 1.54) is 0 Å². The van der Waals surface area contributed by atoms with Gasteiger partial charge in [-0.25, -0.2) is 8.42 Å². The second kappa shape index (κ2) is 5.99. The van der Waals surface area contributed by atoms with Gasteiger partial charge < -0.3 is 9.90 Å². The molecule has 0 aliphatic heterocycles. The van der Waals surface area contributed by atoms with Crippen molar-refractivity contribution in [2.45, 2.75) is 12.8 Å². The van der Waals surface area contributed by atoms with E-state index in [0.717, 1.165) is 6.26 Å². The van der Waals surface area contributed by atoms with Gasteiger partial charge in [0.2, 0.25) is 0 Å². The zero-order valence-electron chi connectivity index (χ0n) is 6.66. The van der Waals surface area contributed by atoms with Gasteiger partial charge in [-0.2, -0.15) is 0 Å². The summed E-state index contributed by atoms with van der Waals surface area (Å²) in [4.78, 5) is 9.78. The van der Waals surface area contributed by atoms with Crippen molar-refractivity contribution in [2.24, 2.45) is 0 Å². The molecule has 0 radical (unpaired) electrons. The summed E-state index contributed by atoms with van der Waals surface area (Å²) >= 11 is 0. The molecule has 0 heterocycles. The third kappa shape index (κ3) is 13.4. The van der Waals surface area contributed by atoms with E-state index < -0.39 is 15.8 Å². The minimum atomic E-state index is -3.01. The molecule has 0 fully saturated rings. The molecule has 0 bridgehead atoms. The molecule has 0 unspecified atom stereocenters. The van der Waals surface area contributed by atoms with Crippen molar-refractivity contribution in [1.29, 1.82) is 0 Å². The van der Waals surface area contributed by atoms with Crippen molar-refractivity contribution in [1.82, 2.24) is 0 Å². The van der Waals surface area contributed by atoms with Gasteiger partial charge in [0, 0.05) is 12.2 Å². The second-order valence-corrected chi connectivity index (χ2v) is 4.37. The molecule has 4 nitrogen and oxygen atoms in total. The predicted molar refractivity (Wildman–Crippen MR) is 34.0 cm³/mol. The standard InChI is InChI=1S/C5H10O4S.Na/c1-10(8,9)4-2-3-5(6)7;/h2-4H2,1H3,(H,6,7);/q;+1/p-1. The Labute approximate surface area is 88.2 Å². The van der Waals surface area contributed by atoms with Gasteiger partial charge in [-0.1, -0.05) is 0 Å². The monoisotopic (exact) mass is 188 g/mol. The SMILES string of the molecule is CS(=O)(=O)CCCC(=O)[O-].[Na+]. The van der Waals surface area contributed by atoms with Crippen molar-refractivity contribution in [3.05, 3.63) is 0 Å². The van der Waals surface area contributed by atoms with Crippen LogP contribution in [-0.4, -0.2) is 26.4 Å². The number of hydrogen-bond donors (Lipinski definition) is 0. The van der Waals surface area contributed by atoms with Gasteiger partial charge in [-0.15, -0.1) is 0 Å². The Bertz CT molecular complexity index is 209. The number of carboxylic acid groups (broad SMARTS) is 1. The summed E-state index contributed by atoms with van der Waals surface area (Å²) in [6.07, 6.45) is 1.02. The van der Waals surface area contributed by atoms with E-state index in [-0.39, 0.29) is 48.2 Å². The Balaban J connectivity index is 0. The van der Waals surface area contributed by atoms with Crippen LogP contribution in [0.5, 0.6) is 0 Å². The van der Waals surface area contributed by atoms with Crippen LogP contribution < -0.4 is 34.7 Å². The third-order valence-electron chi connectivity index (χ3n) is 0.896. The largest absolute Gasteiger partial charge is 1.00 e. The molecule has 0 saturated heterocycles. The first kappa shape index (κ1) is 14.0. The summed E-state index contributed by atoms with van der Waals surface area (Å²) in [5.41, 5.74) is 0. The van der Waals surface area contributed by atoms with Gasteiger partial charge in [0.1, 0.15) is 9.84 Å². The summed E-state index contributed by atoms with van der Waals surface area (Å²) in [5.74, 6) is -1.29. The van der Waals surface area contributed by atoms with Crippen LogP contribution in [0.2, 0.25) is 0 Å². The van der Waals surface area contributed by atoms with Crippen LogP contribution >= 0.6 is 0 Å². The van der Waals surface area contributed by atoms with E-state index in [2.05, 4.69) is 0 Å².